The molecular weight excluding hydrogens is 431 g/mol. The van der Waals surface area contributed by atoms with Gasteiger partial charge in [-0.05, 0) is 26.8 Å². The van der Waals surface area contributed by atoms with E-state index in [0.29, 0.717) is 16.5 Å². The molecule has 160 valence electrons. The van der Waals surface area contributed by atoms with Crippen molar-refractivity contribution < 1.29 is 61.1 Å². The number of nitrogens with zero attached hydrogens (tertiary/aromatic N) is 6. The van der Waals surface area contributed by atoms with Crippen LogP contribution in [-0.2, 0) is 26.0 Å². The number of amides is 3. The van der Waals surface area contributed by atoms with Crippen LogP contribution in [-0.4, -0.2) is 86.7 Å². The molecule has 3 heterocycles. The van der Waals surface area contributed by atoms with Crippen LogP contribution in [0.25, 0.3) is 5.70 Å². The van der Waals surface area contributed by atoms with Crippen LogP contribution in [0.5, 0.6) is 0 Å². The summed E-state index contributed by atoms with van der Waals surface area (Å²) in [7, 11) is -3.51. The first kappa shape index (κ1) is 24.6. The Balaban J connectivity index is 0.00000320. The van der Waals surface area contributed by atoms with Crippen molar-refractivity contribution in [1.29, 1.82) is 0 Å². The van der Waals surface area contributed by atoms with Gasteiger partial charge in [-0.15, -0.1) is 5.10 Å². The second-order valence-electron chi connectivity index (χ2n) is 7.69. The van der Waals surface area contributed by atoms with Gasteiger partial charge in [-0.2, -0.15) is 9.35 Å². The Bertz CT molecular complexity index is 957. The monoisotopic (exact) mass is 452 g/mol. The fourth-order valence-corrected chi connectivity index (χ4v) is 3.25. The van der Waals surface area contributed by atoms with Crippen molar-refractivity contribution in [2.75, 3.05) is 20.1 Å². The largest absolute Gasteiger partial charge is 1.00 e. The third-order valence-corrected chi connectivity index (χ3v) is 4.36. The summed E-state index contributed by atoms with van der Waals surface area (Å²) in [4.78, 5) is 26.9. The molecule has 2 aliphatic heterocycles. The number of carbonyl (C=O) groups is 2. The second kappa shape index (κ2) is 8.80. The van der Waals surface area contributed by atoms with Gasteiger partial charge in [-0.25, -0.2) is 22.7 Å². The number of aromatic nitrogens is 3. The Morgan fingerprint density at radius 1 is 1.40 bits per heavy atom. The maximum atomic E-state index is 12.2. The molecule has 2 bridgehead atoms. The third kappa shape index (κ3) is 5.92. The van der Waals surface area contributed by atoms with Gasteiger partial charge in [0.25, 0.3) is 0 Å². The number of ether oxygens (including phenoxy) is 1. The number of urea groups is 1. The fourth-order valence-electron chi connectivity index (χ4n) is 2.88. The molecule has 0 spiro atoms. The van der Waals surface area contributed by atoms with E-state index >= 15 is 0 Å². The standard InChI is InChI=1S/C15H22N6O7S.Na/c1-15(2,3)27-14(23)18(4)6-10-7-20(17-16-10)11-5-12-9-19(8-11)13(22)21(12)28-29(24,25)26;/h5,7,12H,6,8-9H2,1-4H3,(H,24,25,26);/q;+1/p-1. The smallest absolute Gasteiger partial charge is 0.724 e. The molecular formula is C15H21N6NaO7S. The molecule has 1 unspecified atom stereocenters. The quantitative estimate of drug-likeness (QED) is 0.259. The van der Waals surface area contributed by atoms with Crippen LogP contribution in [0.1, 0.15) is 26.5 Å². The summed E-state index contributed by atoms with van der Waals surface area (Å²) >= 11 is 0. The van der Waals surface area contributed by atoms with Crippen molar-refractivity contribution in [3.8, 4) is 0 Å². The summed E-state index contributed by atoms with van der Waals surface area (Å²) in [6.45, 7) is 5.75. The maximum Gasteiger partial charge on any atom is 1.00 e. The summed E-state index contributed by atoms with van der Waals surface area (Å²) in [6, 6.07) is -1.49. The van der Waals surface area contributed by atoms with E-state index in [2.05, 4.69) is 14.6 Å². The minimum Gasteiger partial charge on any atom is -0.724 e. The molecule has 0 aromatic carbocycles. The molecule has 1 atom stereocenters. The third-order valence-electron chi connectivity index (χ3n) is 4.02. The second-order valence-corrected chi connectivity index (χ2v) is 8.65. The number of rotatable bonds is 5. The summed E-state index contributed by atoms with van der Waals surface area (Å²) in [5.41, 5.74) is 0.401. The minimum absolute atomic E-state index is 0. The average Bonchev–Trinajstić information content (AvgIpc) is 3.11. The van der Waals surface area contributed by atoms with Crippen LogP contribution in [0, 0.1) is 0 Å². The van der Waals surface area contributed by atoms with Gasteiger partial charge in [0.2, 0.25) is 10.4 Å². The molecule has 13 nitrogen and oxygen atoms in total. The molecule has 2 aliphatic rings. The maximum absolute atomic E-state index is 12.2. The first-order valence-electron chi connectivity index (χ1n) is 8.62. The van der Waals surface area contributed by atoms with Crippen LogP contribution in [0.3, 0.4) is 0 Å². The summed E-state index contributed by atoms with van der Waals surface area (Å²) < 4.78 is 43.5. The summed E-state index contributed by atoms with van der Waals surface area (Å²) in [6.07, 6.45) is 2.65. The van der Waals surface area contributed by atoms with E-state index in [9.17, 15) is 22.6 Å². The molecule has 1 aromatic heterocycles. The van der Waals surface area contributed by atoms with E-state index in [4.69, 9.17) is 4.74 Å². The van der Waals surface area contributed by atoms with Crippen molar-refractivity contribution in [2.45, 2.75) is 39.0 Å². The summed E-state index contributed by atoms with van der Waals surface area (Å²) in [5, 5.41) is 8.53. The first-order valence-corrected chi connectivity index (χ1v) is 9.96. The number of hydroxylamine groups is 2. The van der Waals surface area contributed by atoms with Crippen LogP contribution < -0.4 is 29.6 Å². The Labute approximate surface area is 195 Å². The van der Waals surface area contributed by atoms with E-state index in [0.717, 1.165) is 0 Å². The van der Waals surface area contributed by atoms with E-state index < -0.39 is 34.2 Å². The van der Waals surface area contributed by atoms with Gasteiger partial charge in [0.15, 0.2) is 0 Å². The predicted molar refractivity (Wildman–Crippen MR) is 95.4 cm³/mol. The van der Waals surface area contributed by atoms with E-state index in [1.807, 2.05) is 0 Å². The average molecular weight is 452 g/mol. The molecule has 3 rings (SSSR count). The molecule has 0 radical (unpaired) electrons. The van der Waals surface area contributed by atoms with Crippen LogP contribution in [0.4, 0.5) is 9.59 Å². The van der Waals surface area contributed by atoms with Crippen molar-refractivity contribution in [3.63, 3.8) is 0 Å². The van der Waals surface area contributed by atoms with Gasteiger partial charge in [0.05, 0.1) is 25.0 Å². The molecule has 0 N–H and O–H groups in total. The van der Waals surface area contributed by atoms with Crippen LogP contribution in [0.2, 0.25) is 0 Å². The predicted octanol–water partition coefficient (Wildman–Crippen LogP) is -3.00. The van der Waals surface area contributed by atoms with Gasteiger partial charge in [0, 0.05) is 13.6 Å². The SMILES string of the molecule is CN(Cc1cn(C2=CC3CN(C2)C(=O)N3OS(=O)(=O)[O-])nn1)C(=O)OC(C)(C)C.[Na+]. The fraction of sp³-hybridized carbons (Fsp3) is 0.600. The van der Waals surface area contributed by atoms with Crippen LogP contribution in [0.15, 0.2) is 12.3 Å². The number of carbonyl (C=O) groups excluding carboxylic acids is 2. The Morgan fingerprint density at radius 2 is 2.07 bits per heavy atom. The Morgan fingerprint density at radius 3 is 2.67 bits per heavy atom. The molecule has 30 heavy (non-hydrogen) atoms. The molecule has 3 amide bonds. The number of hydrogen-bond acceptors (Lipinski definition) is 9. The van der Waals surface area contributed by atoms with E-state index in [-0.39, 0.29) is 49.2 Å². The van der Waals surface area contributed by atoms with E-state index in [1.54, 1.807) is 40.1 Å². The zero-order valence-corrected chi connectivity index (χ0v) is 20.1. The number of fused-ring (bicyclic) bond motifs is 2. The molecule has 0 saturated carbocycles. The van der Waals surface area contributed by atoms with Gasteiger partial charge < -0.3 is 19.1 Å². The first-order chi connectivity index (χ1) is 13.3. The van der Waals surface area contributed by atoms with Crippen molar-refractivity contribution >= 4 is 28.2 Å². The van der Waals surface area contributed by atoms with Gasteiger partial charge in [0.1, 0.15) is 17.3 Å². The van der Waals surface area contributed by atoms with Gasteiger partial charge in [-0.3, -0.25) is 0 Å². The number of hydrogen-bond donors (Lipinski definition) is 0. The minimum atomic E-state index is -5.08. The van der Waals surface area contributed by atoms with Crippen molar-refractivity contribution in [3.05, 3.63) is 18.0 Å². The molecule has 0 aliphatic carbocycles. The summed E-state index contributed by atoms with van der Waals surface area (Å²) in [5.74, 6) is 0. The van der Waals surface area contributed by atoms with Gasteiger partial charge in [-0.1, -0.05) is 5.21 Å². The molecule has 1 fully saturated rings. The molecule has 15 heteroatoms. The topological polar surface area (TPSA) is 150 Å². The molecule has 1 aromatic rings. The zero-order chi connectivity index (χ0) is 21.6. The van der Waals surface area contributed by atoms with E-state index in [1.165, 1.54) is 14.5 Å². The Kier molecular flexibility index (Phi) is 7.21. The van der Waals surface area contributed by atoms with Crippen LogP contribution >= 0.6 is 0 Å². The Hall–Kier alpha value is -1.71. The van der Waals surface area contributed by atoms with Crippen molar-refractivity contribution in [2.24, 2.45) is 0 Å². The normalized spacial score (nSPS) is 18.8. The van der Waals surface area contributed by atoms with Gasteiger partial charge >= 0.3 is 41.7 Å². The zero-order valence-electron chi connectivity index (χ0n) is 17.3. The molecule has 1 saturated heterocycles. The van der Waals surface area contributed by atoms with Crippen molar-refractivity contribution in [1.82, 2.24) is 29.9 Å².